The first-order chi connectivity index (χ1) is 9.42. The molecule has 0 aliphatic rings. The van der Waals surface area contributed by atoms with Crippen LogP contribution in [0.3, 0.4) is 0 Å². The number of hydrogen-bond donors (Lipinski definition) is 2. The molecule has 0 saturated heterocycles. The molecule has 0 heterocycles. The van der Waals surface area contributed by atoms with Gasteiger partial charge in [0.1, 0.15) is 10.7 Å². The van der Waals surface area contributed by atoms with Gasteiger partial charge >= 0.3 is 0 Å². The van der Waals surface area contributed by atoms with E-state index in [9.17, 15) is 12.8 Å². The molecule has 0 spiro atoms. The lowest BCUT2D eigenvalue weighted by Gasteiger charge is -2.11. The molecule has 0 atom stereocenters. The molecule has 1 rings (SSSR count). The minimum atomic E-state index is -3.82. The van der Waals surface area contributed by atoms with E-state index in [4.69, 9.17) is 0 Å². The molecule has 0 aromatic heterocycles. The molecule has 20 heavy (non-hydrogen) atoms. The third-order valence-electron chi connectivity index (χ3n) is 2.81. The second-order valence-corrected chi connectivity index (χ2v) is 7.16. The van der Waals surface area contributed by atoms with Crippen molar-refractivity contribution in [2.24, 2.45) is 0 Å². The van der Waals surface area contributed by atoms with Crippen molar-refractivity contribution in [2.45, 2.75) is 37.6 Å². The van der Waals surface area contributed by atoms with Gasteiger partial charge in [-0.1, -0.05) is 35.7 Å². The fraction of sp³-hybridized carbons (Fsp3) is 0.538. The predicted molar refractivity (Wildman–Crippen MR) is 81.6 cm³/mol. The summed E-state index contributed by atoms with van der Waals surface area (Å²) in [6, 6.07) is 2.86. The van der Waals surface area contributed by atoms with E-state index in [1.54, 1.807) is 13.1 Å². The zero-order valence-corrected chi connectivity index (χ0v) is 14.1. The van der Waals surface area contributed by atoms with Gasteiger partial charge in [-0.05, 0) is 25.6 Å². The number of hydrogen-bond acceptors (Lipinski definition) is 3. The summed E-state index contributed by atoms with van der Waals surface area (Å²) in [5, 5.41) is 2.81. The molecule has 0 saturated carbocycles. The molecule has 114 valence electrons. The minimum Gasteiger partial charge on any atom is -0.316 e. The third kappa shape index (κ3) is 4.80. The summed E-state index contributed by atoms with van der Waals surface area (Å²) in [6.07, 6.45) is 2.68. The first-order valence-electron chi connectivity index (χ1n) is 6.54. The van der Waals surface area contributed by atoms with Crippen LogP contribution in [0.15, 0.2) is 21.5 Å². The van der Waals surface area contributed by atoms with Crippen LogP contribution in [0.5, 0.6) is 0 Å². The average molecular weight is 367 g/mol. The zero-order valence-electron chi connectivity index (χ0n) is 11.7. The summed E-state index contributed by atoms with van der Waals surface area (Å²) < 4.78 is 41.5. The SMILES string of the molecule is CCCCCNS(=O)(=O)c1cc(Br)cc(CNC)c1F. The fourth-order valence-corrected chi connectivity index (χ4v) is 3.67. The van der Waals surface area contributed by atoms with Crippen LogP contribution < -0.4 is 10.0 Å². The van der Waals surface area contributed by atoms with E-state index in [0.717, 1.165) is 19.3 Å². The van der Waals surface area contributed by atoms with Crippen LogP contribution in [-0.4, -0.2) is 22.0 Å². The van der Waals surface area contributed by atoms with Crippen LogP contribution >= 0.6 is 15.9 Å². The Morgan fingerprint density at radius 1 is 1.30 bits per heavy atom. The number of nitrogens with one attached hydrogen (secondary N) is 2. The van der Waals surface area contributed by atoms with Gasteiger partial charge in [-0.3, -0.25) is 0 Å². The molecular weight excluding hydrogens is 347 g/mol. The zero-order chi connectivity index (χ0) is 15.2. The number of unbranched alkanes of at least 4 members (excludes halogenated alkanes) is 2. The van der Waals surface area contributed by atoms with E-state index in [2.05, 4.69) is 26.0 Å². The predicted octanol–water partition coefficient (Wildman–Crippen LogP) is 2.78. The molecule has 0 unspecified atom stereocenters. The minimum absolute atomic E-state index is 0.267. The van der Waals surface area contributed by atoms with E-state index < -0.39 is 15.8 Å². The first-order valence-corrected chi connectivity index (χ1v) is 8.82. The molecule has 0 bridgehead atoms. The summed E-state index contributed by atoms with van der Waals surface area (Å²) in [7, 11) is -2.14. The lowest BCUT2D eigenvalue weighted by atomic mass is 10.2. The van der Waals surface area contributed by atoms with Crippen LogP contribution in [0.4, 0.5) is 4.39 Å². The van der Waals surface area contributed by atoms with Crippen LogP contribution in [0, 0.1) is 5.82 Å². The van der Waals surface area contributed by atoms with Crippen molar-refractivity contribution in [3.63, 3.8) is 0 Å². The van der Waals surface area contributed by atoms with Crippen molar-refractivity contribution in [1.82, 2.24) is 10.0 Å². The van der Waals surface area contributed by atoms with Crippen molar-refractivity contribution in [3.8, 4) is 0 Å². The lowest BCUT2D eigenvalue weighted by Crippen LogP contribution is -2.26. The Hall–Kier alpha value is -0.500. The number of rotatable bonds is 8. The molecule has 0 aliphatic heterocycles. The quantitative estimate of drug-likeness (QED) is 0.695. The van der Waals surface area contributed by atoms with Crippen LogP contribution in [0.25, 0.3) is 0 Å². The van der Waals surface area contributed by atoms with Gasteiger partial charge in [0.05, 0.1) is 0 Å². The monoisotopic (exact) mass is 366 g/mol. The topological polar surface area (TPSA) is 58.2 Å². The van der Waals surface area contributed by atoms with E-state index in [1.165, 1.54) is 6.07 Å². The largest absolute Gasteiger partial charge is 0.316 e. The maximum atomic E-state index is 14.2. The van der Waals surface area contributed by atoms with Gasteiger partial charge in [0, 0.05) is 23.1 Å². The Kier molecular flexibility index (Phi) is 7.08. The molecular formula is C13H20BrFN2O2S. The summed E-state index contributed by atoms with van der Waals surface area (Å²) in [6.45, 7) is 2.62. The van der Waals surface area contributed by atoms with Crippen molar-refractivity contribution >= 4 is 26.0 Å². The molecule has 0 amide bonds. The maximum absolute atomic E-state index is 14.2. The van der Waals surface area contributed by atoms with E-state index in [0.29, 0.717) is 16.6 Å². The van der Waals surface area contributed by atoms with Crippen molar-refractivity contribution in [3.05, 3.63) is 28.0 Å². The summed E-state index contributed by atoms with van der Waals surface area (Å²) in [5.74, 6) is -0.703. The van der Waals surface area contributed by atoms with Crippen LogP contribution in [-0.2, 0) is 16.6 Å². The van der Waals surface area contributed by atoms with Gasteiger partial charge in [0.2, 0.25) is 10.0 Å². The van der Waals surface area contributed by atoms with Crippen LogP contribution in [0.1, 0.15) is 31.7 Å². The van der Waals surface area contributed by atoms with Gasteiger partial charge < -0.3 is 5.32 Å². The summed E-state index contributed by atoms with van der Waals surface area (Å²) in [5.41, 5.74) is 0.316. The van der Waals surface area contributed by atoms with E-state index in [-0.39, 0.29) is 11.4 Å². The maximum Gasteiger partial charge on any atom is 0.243 e. The van der Waals surface area contributed by atoms with Crippen LogP contribution in [0.2, 0.25) is 0 Å². The van der Waals surface area contributed by atoms with Gasteiger partial charge in [-0.2, -0.15) is 0 Å². The molecule has 1 aromatic carbocycles. The number of sulfonamides is 1. The van der Waals surface area contributed by atoms with Gasteiger partial charge in [0.15, 0.2) is 0 Å². The highest BCUT2D eigenvalue weighted by Crippen LogP contribution is 2.24. The Labute approximate surface area is 128 Å². The highest BCUT2D eigenvalue weighted by molar-refractivity contribution is 9.10. The first kappa shape index (κ1) is 17.6. The molecule has 0 radical (unpaired) electrons. The molecule has 0 fully saturated rings. The second-order valence-electron chi connectivity index (χ2n) is 4.51. The Balaban J connectivity index is 2.99. The summed E-state index contributed by atoms with van der Waals surface area (Å²) in [4.78, 5) is -0.311. The molecule has 2 N–H and O–H groups in total. The van der Waals surface area contributed by atoms with Gasteiger partial charge in [0.25, 0.3) is 0 Å². The molecule has 0 aliphatic carbocycles. The Morgan fingerprint density at radius 2 is 2.00 bits per heavy atom. The second kappa shape index (κ2) is 8.07. The third-order valence-corrected chi connectivity index (χ3v) is 4.73. The summed E-state index contributed by atoms with van der Waals surface area (Å²) >= 11 is 3.22. The van der Waals surface area contributed by atoms with Gasteiger partial charge in [-0.15, -0.1) is 0 Å². The van der Waals surface area contributed by atoms with Crippen molar-refractivity contribution in [1.29, 1.82) is 0 Å². The lowest BCUT2D eigenvalue weighted by molar-refractivity contribution is 0.543. The Morgan fingerprint density at radius 3 is 2.60 bits per heavy atom. The number of halogens is 2. The molecule has 7 heteroatoms. The fourth-order valence-electron chi connectivity index (χ4n) is 1.79. The Bertz CT molecular complexity index is 550. The smallest absolute Gasteiger partial charge is 0.243 e. The number of benzene rings is 1. The van der Waals surface area contributed by atoms with E-state index >= 15 is 0 Å². The average Bonchev–Trinajstić information content (AvgIpc) is 2.39. The standard InChI is InChI=1S/C13H20BrFN2O2S/c1-3-4-5-6-17-20(18,19)12-8-11(14)7-10(9-16-2)13(12)15/h7-8,16-17H,3-6,9H2,1-2H3. The molecule has 4 nitrogen and oxygen atoms in total. The highest BCUT2D eigenvalue weighted by atomic mass is 79.9. The highest BCUT2D eigenvalue weighted by Gasteiger charge is 2.21. The van der Waals surface area contributed by atoms with Crippen molar-refractivity contribution in [2.75, 3.05) is 13.6 Å². The van der Waals surface area contributed by atoms with Gasteiger partial charge in [-0.25, -0.2) is 17.5 Å². The normalized spacial score (nSPS) is 11.8. The van der Waals surface area contributed by atoms with E-state index in [1.807, 2.05) is 6.92 Å². The molecule has 1 aromatic rings. The van der Waals surface area contributed by atoms with Crippen molar-refractivity contribution < 1.29 is 12.8 Å².